The molecule has 4 amide bonds. The molecule has 57 heavy (non-hydrogen) atoms. The molecule has 1 atom stereocenters. The third kappa shape index (κ3) is 8.24. The second kappa shape index (κ2) is 16.6. The number of halogens is 2. The molecule has 298 valence electrons. The van der Waals surface area contributed by atoms with E-state index < -0.39 is 23.7 Å². The number of rotatable bonds is 9. The van der Waals surface area contributed by atoms with E-state index in [9.17, 15) is 19.2 Å². The average Bonchev–Trinajstić information content (AvgIpc) is 3.46. The van der Waals surface area contributed by atoms with Gasteiger partial charge in [0.25, 0.3) is 17.7 Å². The zero-order valence-electron chi connectivity index (χ0n) is 31.6. The molecule has 3 saturated heterocycles. The minimum atomic E-state index is -0.867. The highest BCUT2D eigenvalue weighted by atomic mass is 35.5. The zero-order valence-corrected chi connectivity index (χ0v) is 32.3. The summed E-state index contributed by atoms with van der Waals surface area (Å²) in [5.74, 6) is -0.408. The Hall–Kier alpha value is -5.33. The van der Waals surface area contributed by atoms with E-state index in [0.717, 1.165) is 88.0 Å². The predicted octanol–water partition coefficient (Wildman–Crippen LogP) is 4.17. The Balaban J connectivity index is 0.763. The maximum absolute atomic E-state index is 15.4. The molecule has 14 nitrogen and oxygen atoms in total. The summed E-state index contributed by atoms with van der Waals surface area (Å²) in [5.41, 5.74) is 1.17. The number of imide groups is 1. The number of hydrogen-bond donors (Lipinski definition) is 2. The Morgan fingerprint density at radius 3 is 2.30 bits per heavy atom. The molecule has 4 aliphatic heterocycles. The summed E-state index contributed by atoms with van der Waals surface area (Å²) in [5, 5.41) is 23.9. The van der Waals surface area contributed by atoms with Gasteiger partial charge in [-0.05, 0) is 93.7 Å². The van der Waals surface area contributed by atoms with Crippen molar-refractivity contribution in [1.82, 2.24) is 30.6 Å². The Kier molecular flexibility index (Phi) is 11.3. The minimum absolute atomic E-state index is 0.0122. The van der Waals surface area contributed by atoms with Crippen molar-refractivity contribution in [2.75, 3.05) is 62.2 Å². The van der Waals surface area contributed by atoms with Gasteiger partial charge in [-0.15, -0.1) is 10.2 Å². The number of carbonyl (C=O) groups excluding carboxylic acids is 4. The Bertz CT molecular complexity index is 2070. The molecule has 0 spiro atoms. The van der Waals surface area contributed by atoms with Crippen LogP contribution in [0.1, 0.15) is 88.1 Å². The molecule has 1 unspecified atom stereocenters. The molecule has 1 aliphatic carbocycles. The molecule has 1 aromatic heterocycles. The van der Waals surface area contributed by atoms with Crippen LogP contribution in [0.4, 0.5) is 15.9 Å². The van der Waals surface area contributed by atoms with Crippen LogP contribution >= 0.6 is 11.6 Å². The molecule has 2 N–H and O–H groups in total. The second-order valence-electron chi connectivity index (χ2n) is 15.6. The lowest BCUT2D eigenvalue weighted by molar-refractivity contribution is -0.126. The lowest BCUT2D eigenvalue weighted by Gasteiger charge is -2.39. The van der Waals surface area contributed by atoms with Crippen LogP contribution in [0.2, 0.25) is 5.02 Å². The van der Waals surface area contributed by atoms with Gasteiger partial charge >= 0.3 is 0 Å². The van der Waals surface area contributed by atoms with Crippen LogP contribution < -0.4 is 25.2 Å². The van der Waals surface area contributed by atoms with Crippen LogP contribution in [0.15, 0.2) is 42.5 Å². The van der Waals surface area contributed by atoms with E-state index in [-0.39, 0.29) is 40.8 Å². The first kappa shape index (κ1) is 38.5. The number of nitrogens with one attached hydrogen (secondary N) is 2. The summed E-state index contributed by atoms with van der Waals surface area (Å²) in [4.78, 5) is 59.4. The molecule has 5 aliphatic rings. The van der Waals surface area contributed by atoms with Gasteiger partial charge in [0.2, 0.25) is 5.91 Å². The van der Waals surface area contributed by atoms with Crippen molar-refractivity contribution < 1.29 is 28.3 Å². The number of benzene rings is 2. The van der Waals surface area contributed by atoms with Crippen LogP contribution in [-0.4, -0.2) is 114 Å². The number of nitriles is 1. The van der Waals surface area contributed by atoms with Crippen LogP contribution in [0.25, 0.3) is 0 Å². The van der Waals surface area contributed by atoms with Crippen molar-refractivity contribution >= 4 is 46.7 Å². The second-order valence-corrected chi connectivity index (χ2v) is 16.0. The number of fused-ring (bicyclic) bond motifs is 1. The number of nitrogens with zero attached hydrogens (tertiary/aromatic N) is 7. The predicted molar refractivity (Wildman–Crippen MR) is 209 cm³/mol. The summed E-state index contributed by atoms with van der Waals surface area (Å²) in [6.07, 6.45) is 6.17. The maximum Gasteiger partial charge on any atom is 0.272 e. The first-order chi connectivity index (χ1) is 27.6. The van der Waals surface area contributed by atoms with E-state index in [1.807, 2.05) is 17.0 Å². The third-order valence-electron chi connectivity index (χ3n) is 12.0. The van der Waals surface area contributed by atoms with Gasteiger partial charge in [0.05, 0.1) is 33.5 Å². The molecule has 16 heteroatoms. The summed E-state index contributed by atoms with van der Waals surface area (Å²) < 4.78 is 21.5. The normalized spacial score (nSPS) is 23.2. The van der Waals surface area contributed by atoms with E-state index in [2.05, 4.69) is 30.6 Å². The largest absolute Gasteiger partial charge is 0.490 e. The lowest BCUT2D eigenvalue weighted by Crippen LogP contribution is -2.52. The molecule has 5 heterocycles. The van der Waals surface area contributed by atoms with Crippen LogP contribution in [0, 0.1) is 23.1 Å². The van der Waals surface area contributed by atoms with E-state index in [1.54, 1.807) is 24.3 Å². The lowest BCUT2D eigenvalue weighted by atomic mass is 9.93. The fraction of sp³-hybridized carbons (Fsp3) is 0.488. The summed E-state index contributed by atoms with van der Waals surface area (Å²) >= 11 is 6.14. The average molecular weight is 798 g/mol. The SMILES string of the molecule is N#Cc1ccc(O[C@H]2CC[C@H](NC(=O)c3ccc(N4CCC(CN5CCN(c6cc7c(cc6F)C(=O)N(C6CCCNC6=O)C7=O)CC5)CC4)nn3)CC2)cc1Cl. The number of piperazine rings is 1. The first-order valence-electron chi connectivity index (χ1n) is 19.9. The Morgan fingerprint density at radius 1 is 0.895 bits per heavy atom. The van der Waals surface area contributed by atoms with E-state index in [4.69, 9.17) is 21.6 Å². The molecular formula is C41H45ClFN9O5. The standard InChI is InChI=1S/C41H45ClFN9O5/c42-32-20-29(6-3-26(32)23-44)57-28-7-4-27(5-8-28)46-38(53)34-9-10-37(48-47-34)51-14-11-25(12-15-51)24-49-16-18-50(19-17-49)36-22-31-30(21-33(36)43)40(55)52(41(31)56)35-2-1-13-45-39(35)54/h3,6,9-10,20-22,25,27-28,35H,1-2,4-5,7-8,11-19,24H2,(H,45,54)(H,46,53)/t27-,28-,35?. The van der Waals surface area contributed by atoms with E-state index in [0.29, 0.717) is 60.4 Å². The highest BCUT2D eigenvalue weighted by molar-refractivity contribution is 6.31. The van der Waals surface area contributed by atoms with Gasteiger partial charge in [0, 0.05) is 64.5 Å². The molecule has 0 radical (unpaired) electrons. The smallest absolute Gasteiger partial charge is 0.272 e. The summed E-state index contributed by atoms with van der Waals surface area (Å²) in [6, 6.07) is 12.5. The fourth-order valence-electron chi connectivity index (χ4n) is 8.73. The number of carbonyl (C=O) groups is 4. The highest BCUT2D eigenvalue weighted by Gasteiger charge is 2.44. The molecule has 0 bridgehead atoms. The quantitative estimate of drug-likeness (QED) is 0.299. The topological polar surface area (TPSA) is 164 Å². The summed E-state index contributed by atoms with van der Waals surface area (Å²) in [6.45, 7) is 5.78. The maximum atomic E-state index is 15.4. The molecule has 3 aromatic rings. The number of aromatic nitrogens is 2. The van der Waals surface area contributed by atoms with E-state index >= 15 is 4.39 Å². The van der Waals surface area contributed by atoms with Crippen LogP contribution in [-0.2, 0) is 4.79 Å². The van der Waals surface area contributed by atoms with Gasteiger partial charge in [-0.3, -0.25) is 29.0 Å². The number of anilines is 2. The van der Waals surface area contributed by atoms with Gasteiger partial charge in [-0.1, -0.05) is 11.6 Å². The van der Waals surface area contributed by atoms with Gasteiger partial charge in [0.1, 0.15) is 23.7 Å². The van der Waals surface area contributed by atoms with Crippen molar-refractivity contribution in [1.29, 1.82) is 5.26 Å². The Labute approximate surface area is 335 Å². The fourth-order valence-corrected chi connectivity index (χ4v) is 8.94. The van der Waals surface area contributed by atoms with Crippen molar-refractivity contribution in [2.45, 2.75) is 69.6 Å². The van der Waals surface area contributed by atoms with Crippen molar-refractivity contribution in [2.24, 2.45) is 5.92 Å². The monoisotopic (exact) mass is 797 g/mol. The van der Waals surface area contributed by atoms with Gasteiger partial charge in [0.15, 0.2) is 11.5 Å². The zero-order chi connectivity index (χ0) is 39.6. The number of ether oxygens (including phenoxy) is 1. The van der Waals surface area contributed by atoms with Gasteiger partial charge < -0.3 is 25.2 Å². The number of piperidine rings is 2. The molecule has 1 saturated carbocycles. The van der Waals surface area contributed by atoms with Crippen LogP contribution in [0.3, 0.4) is 0 Å². The van der Waals surface area contributed by atoms with Crippen molar-refractivity contribution in [3.63, 3.8) is 0 Å². The first-order valence-corrected chi connectivity index (χ1v) is 20.2. The number of hydrogen-bond acceptors (Lipinski definition) is 11. The van der Waals surface area contributed by atoms with Gasteiger partial charge in [-0.2, -0.15) is 5.26 Å². The molecule has 4 fully saturated rings. The van der Waals surface area contributed by atoms with Crippen molar-refractivity contribution in [3.8, 4) is 11.8 Å². The summed E-state index contributed by atoms with van der Waals surface area (Å²) in [7, 11) is 0. The minimum Gasteiger partial charge on any atom is -0.490 e. The molecule has 2 aromatic carbocycles. The molecular weight excluding hydrogens is 753 g/mol. The van der Waals surface area contributed by atoms with Crippen LogP contribution in [0.5, 0.6) is 5.75 Å². The third-order valence-corrected chi connectivity index (χ3v) is 12.3. The van der Waals surface area contributed by atoms with Gasteiger partial charge in [-0.25, -0.2) is 4.39 Å². The molecule has 8 rings (SSSR count). The highest BCUT2D eigenvalue weighted by Crippen LogP contribution is 2.34. The van der Waals surface area contributed by atoms with E-state index in [1.165, 1.54) is 6.07 Å². The van der Waals surface area contributed by atoms with Crippen molar-refractivity contribution in [3.05, 3.63) is 75.7 Å². The number of amides is 4. The Morgan fingerprint density at radius 2 is 1.63 bits per heavy atom.